The van der Waals surface area contributed by atoms with Crippen LogP contribution in [0.1, 0.15) is 17.7 Å². The van der Waals surface area contributed by atoms with Crippen molar-refractivity contribution in [3.8, 4) is 0 Å². The van der Waals surface area contributed by atoms with Crippen molar-refractivity contribution in [2.75, 3.05) is 4.72 Å². The summed E-state index contributed by atoms with van der Waals surface area (Å²) in [7, 11) is -7.33. The van der Waals surface area contributed by atoms with Gasteiger partial charge < -0.3 is 0 Å². The van der Waals surface area contributed by atoms with Crippen molar-refractivity contribution in [1.29, 1.82) is 0 Å². The molecule has 124 valence electrons. The highest BCUT2D eigenvalue weighted by molar-refractivity contribution is 7.94. The van der Waals surface area contributed by atoms with E-state index in [4.69, 9.17) is 0 Å². The molecule has 1 aromatic heterocycles. The Morgan fingerprint density at radius 3 is 2.39 bits per heavy atom. The fourth-order valence-corrected chi connectivity index (χ4v) is 5.66. The van der Waals surface area contributed by atoms with Crippen molar-refractivity contribution < 1.29 is 16.8 Å². The van der Waals surface area contributed by atoms with Crippen molar-refractivity contribution in [1.82, 2.24) is 4.72 Å². The lowest BCUT2D eigenvalue weighted by Crippen LogP contribution is -2.25. The average molecular weight is 372 g/mol. The summed E-state index contributed by atoms with van der Waals surface area (Å²) in [6, 6.07) is 9.04. The van der Waals surface area contributed by atoms with Crippen LogP contribution < -0.4 is 9.44 Å². The Kier molecular flexibility index (Phi) is 4.21. The van der Waals surface area contributed by atoms with Crippen molar-refractivity contribution in [3.05, 3.63) is 41.3 Å². The van der Waals surface area contributed by atoms with Gasteiger partial charge in [-0.15, -0.1) is 11.3 Å². The van der Waals surface area contributed by atoms with Gasteiger partial charge in [-0.3, -0.25) is 4.72 Å². The molecular weight excluding hydrogens is 356 g/mol. The fraction of sp³-hybridized carbons (Fsp3) is 0.286. The number of aryl methyl sites for hydroxylation is 1. The molecule has 2 aromatic rings. The van der Waals surface area contributed by atoms with Gasteiger partial charge in [0.1, 0.15) is 4.21 Å². The molecule has 1 aliphatic rings. The molecule has 1 aliphatic carbocycles. The fourth-order valence-electron chi connectivity index (χ4n) is 1.98. The van der Waals surface area contributed by atoms with Crippen LogP contribution in [0.4, 0.5) is 5.69 Å². The van der Waals surface area contributed by atoms with E-state index in [0.29, 0.717) is 0 Å². The molecule has 23 heavy (non-hydrogen) atoms. The number of benzene rings is 1. The molecule has 0 atom stereocenters. The first-order chi connectivity index (χ1) is 10.8. The van der Waals surface area contributed by atoms with Crippen LogP contribution in [0.2, 0.25) is 0 Å². The molecule has 1 aromatic carbocycles. The van der Waals surface area contributed by atoms with Crippen LogP contribution in [0.15, 0.2) is 45.5 Å². The van der Waals surface area contributed by atoms with Crippen LogP contribution in [-0.4, -0.2) is 22.9 Å². The Morgan fingerprint density at radius 1 is 1.04 bits per heavy atom. The summed E-state index contributed by atoms with van der Waals surface area (Å²) in [4.78, 5) is 0.933. The lowest BCUT2D eigenvalue weighted by atomic mass is 10.3. The van der Waals surface area contributed by atoms with E-state index in [-0.39, 0.29) is 20.8 Å². The Bertz CT molecular complexity index is 928. The highest BCUT2D eigenvalue weighted by Gasteiger charge is 2.28. The van der Waals surface area contributed by atoms with Crippen molar-refractivity contribution in [2.45, 2.75) is 34.9 Å². The maximum atomic E-state index is 12.3. The normalized spacial score (nSPS) is 15.5. The highest BCUT2D eigenvalue weighted by Crippen LogP contribution is 2.26. The van der Waals surface area contributed by atoms with Gasteiger partial charge in [-0.1, -0.05) is 6.07 Å². The number of rotatable bonds is 6. The topological polar surface area (TPSA) is 92.3 Å². The van der Waals surface area contributed by atoms with Gasteiger partial charge in [0, 0.05) is 10.9 Å². The lowest BCUT2D eigenvalue weighted by Gasteiger charge is -2.09. The molecule has 0 bridgehead atoms. The van der Waals surface area contributed by atoms with Gasteiger partial charge >= 0.3 is 0 Å². The highest BCUT2D eigenvalue weighted by atomic mass is 32.2. The van der Waals surface area contributed by atoms with Crippen LogP contribution >= 0.6 is 11.3 Å². The summed E-state index contributed by atoms with van der Waals surface area (Å²) in [6.07, 6.45) is 1.67. The van der Waals surface area contributed by atoms with Crippen LogP contribution in [0.3, 0.4) is 0 Å². The zero-order chi connectivity index (χ0) is 16.7. The van der Waals surface area contributed by atoms with Crippen molar-refractivity contribution in [2.24, 2.45) is 0 Å². The molecule has 0 amide bonds. The first-order valence-corrected chi connectivity index (χ1v) is 10.8. The molecule has 1 heterocycles. The molecule has 2 N–H and O–H groups in total. The summed E-state index contributed by atoms with van der Waals surface area (Å²) in [5.74, 6) is 0. The number of hydrogen-bond acceptors (Lipinski definition) is 5. The van der Waals surface area contributed by atoms with Crippen LogP contribution in [-0.2, 0) is 20.0 Å². The van der Waals surface area contributed by atoms with Crippen molar-refractivity contribution >= 4 is 37.1 Å². The molecule has 0 saturated heterocycles. The van der Waals surface area contributed by atoms with E-state index in [9.17, 15) is 16.8 Å². The first kappa shape index (κ1) is 16.4. The molecule has 0 spiro atoms. The molecule has 6 nitrogen and oxygen atoms in total. The second kappa shape index (κ2) is 5.90. The minimum absolute atomic E-state index is 0.00515. The van der Waals surface area contributed by atoms with Gasteiger partial charge in [0.15, 0.2) is 0 Å². The summed E-state index contributed by atoms with van der Waals surface area (Å²) < 4.78 is 54.2. The third-order valence-corrected chi connectivity index (χ3v) is 7.67. The van der Waals surface area contributed by atoms with E-state index in [2.05, 4.69) is 9.44 Å². The predicted molar refractivity (Wildman–Crippen MR) is 89.7 cm³/mol. The third kappa shape index (κ3) is 3.92. The second-order valence-electron chi connectivity index (χ2n) is 5.39. The number of sulfonamides is 2. The zero-order valence-corrected chi connectivity index (χ0v) is 14.8. The predicted octanol–water partition coefficient (Wildman–Crippen LogP) is 2.30. The summed E-state index contributed by atoms with van der Waals surface area (Å²) >= 11 is 1.16. The molecule has 0 radical (unpaired) electrons. The van der Waals surface area contributed by atoms with E-state index >= 15 is 0 Å². The van der Waals surface area contributed by atoms with Crippen LogP contribution in [0, 0.1) is 6.92 Å². The van der Waals surface area contributed by atoms with E-state index in [1.54, 1.807) is 6.07 Å². The maximum Gasteiger partial charge on any atom is 0.271 e. The van der Waals surface area contributed by atoms with Gasteiger partial charge in [-0.25, -0.2) is 21.6 Å². The van der Waals surface area contributed by atoms with E-state index < -0.39 is 20.0 Å². The van der Waals surface area contributed by atoms with Gasteiger partial charge in [-0.2, -0.15) is 0 Å². The standard InChI is InChI=1S/C14H16N2O4S3/c1-10-5-8-14(21-10)23(19,20)16-12-3-2-4-13(9-12)22(17,18)15-11-6-7-11/h2-5,8-9,11,15-16H,6-7H2,1H3. The Labute approximate surface area is 139 Å². The minimum atomic E-state index is -3.71. The zero-order valence-electron chi connectivity index (χ0n) is 12.3. The van der Waals surface area contributed by atoms with Gasteiger partial charge in [0.05, 0.1) is 10.6 Å². The molecule has 3 rings (SSSR count). The van der Waals surface area contributed by atoms with E-state index in [1.165, 1.54) is 30.3 Å². The third-order valence-electron chi connectivity index (χ3n) is 3.28. The van der Waals surface area contributed by atoms with Gasteiger partial charge in [0.25, 0.3) is 10.0 Å². The second-order valence-corrected chi connectivity index (χ2v) is 10.3. The number of hydrogen-bond donors (Lipinski definition) is 2. The largest absolute Gasteiger partial charge is 0.279 e. The lowest BCUT2D eigenvalue weighted by molar-refractivity contribution is 0.581. The molecular formula is C14H16N2O4S3. The van der Waals surface area contributed by atoms with Crippen molar-refractivity contribution in [3.63, 3.8) is 0 Å². The Morgan fingerprint density at radius 2 is 1.78 bits per heavy atom. The number of anilines is 1. The Balaban J connectivity index is 1.85. The number of thiophene rings is 1. The average Bonchev–Trinajstić information content (AvgIpc) is 3.15. The molecule has 9 heteroatoms. The van der Waals surface area contributed by atoms with E-state index in [0.717, 1.165) is 29.1 Å². The molecule has 1 fully saturated rings. The Hall–Kier alpha value is -1.42. The molecule has 0 aliphatic heterocycles. The van der Waals surface area contributed by atoms with E-state index in [1.807, 2.05) is 6.92 Å². The number of nitrogens with one attached hydrogen (secondary N) is 2. The summed E-state index contributed by atoms with van der Waals surface area (Å²) in [5.41, 5.74) is 0.217. The maximum absolute atomic E-state index is 12.3. The SMILES string of the molecule is Cc1ccc(S(=O)(=O)Nc2cccc(S(=O)(=O)NC3CC3)c2)s1. The van der Waals surface area contributed by atoms with Gasteiger partial charge in [-0.05, 0) is 50.1 Å². The smallest absolute Gasteiger partial charge is 0.271 e. The monoisotopic (exact) mass is 372 g/mol. The molecule has 1 saturated carbocycles. The minimum Gasteiger partial charge on any atom is -0.279 e. The first-order valence-electron chi connectivity index (χ1n) is 6.98. The quantitative estimate of drug-likeness (QED) is 0.814. The molecule has 0 unspecified atom stereocenters. The van der Waals surface area contributed by atoms with Crippen LogP contribution in [0.5, 0.6) is 0 Å². The summed E-state index contributed by atoms with van der Waals surface area (Å²) in [5, 5.41) is 0. The van der Waals surface area contributed by atoms with Gasteiger partial charge in [0.2, 0.25) is 10.0 Å². The summed E-state index contributed by atoms with van der Waals surface area (Å²) in [6.45, 7) is 1.82. The van der Waals surface area contributed by atoms with Crippen LogP contribution in [0.25, 0.3) is 0 Å².